The topological polar surface area (TPSA) is 53.1 Å². The Kier molecular flexibility index (Phi) is 2.76. The zero-order valence-electron chi connectivity index (χ0n) is 8.27. The van der Waals surface area contributed by atoms with Crippen molar-refractivity contribution in [2.45, 2.75) is 33.6 Å². The van der Waals surface area contributed by atoms with Crippen molar-refractivity contribution in [2.24, 2.45) is 0 Å². The highest BCUT2D eigenvalue weighted by Crippen LogP contribution is 2.18. The van der Waals surface area contributed by atoms with E-state index in [1.807, 2.05) is 13.8 Å². The molecule has 0 aliphatic heterocycles. The highest BCUT2D eigenvalue weighted by molar-refractivity contribution is 5.70. The van der Waals surface area contributed by atoms with Crippen molar-refractivity contribution in [3.05, 3.63) is 22.5 Å². The number of aryl methyl sites for hydroxylation is 1. The summed E-state index contributed by atoms with van der Waals surface area (Å²) in [5, 5.41) is 8.64. The van der Waals surface area contributed by atoms with Gasteiger partial charge >= 0.3 is 5.97 Å². The normalized spacial score (nSPS) is 10.4. The minimum absolute atomic E-state index is 0.0900. The van der Waals surface area contributed by atoms with Crippen LogP contribution < -0.4 is 0 Å². The fraction of sp³-hybridized carbons (Fsp3) is 0.500. The average molecular weight is 181 g/mol. The van der Waals surface area contributed by atoms with Gasteiger partial charge in [-0.1, -0.05) is 6.92 Å². The molecule has 0 radical (unpaired) electrons. The summed E-state index contributed by atoms with van der Waals surface area (Å²) in [5.74, 6) is -0.785. The van der Waals surface area contributed by atoms with Gasteiger partial charge in [0.1, 0.15) is 0 Å². The van der Waals surface area contributed by atoms with Crippen molar-refractivity contribution in [1.29, 1.82) is 0 Å². The number of carbonyl (C=O) groups is 1. The lowest BCUT2D eigenvalue weighted by atomic mass is 10.1. The molecule has 0 aliphatic rings. The molecule has 1 heterocycles. The smallest absolute Gasteiger partial charge is 0.309 e. The van der Waals surface area contributed by atoms with Gasteiger partial charge in [0.2, 0.25) is 0 Å². The van der Waals surface area contributed by atoms with Gasteiger partial charge in [-0.25, -0.2) is 0 Å². The van der Waals surface area contributed by atoms with Crippen molar-refractivity contribution in [3.8, 4) is 0 Å². The van der Waals surface area contributed by atoms with E-state index in [-0.39, 0.29) is 6.42 Å². The summed E-state index contributed by atoms with van der Waals surface area (Å²) >= 11 is 0. The van der Waals surface area contributed by atoms with E-state index in [2.05, 4.69) is 11.9 Å². The standard InChI is InChI=1S/C10H15NO2/c1-4-8-6(2)9(5-10(12)13)11-7(8)3/h11H,4-5H2,1-3H3,(H,12,13). The predicted octanol–water partition coefficient (Wildman–Crippen LogP) is 1.82. The Morgan fingerprint density at radius 2 is 2.08 bits per heavy atom. The second-order valence-electron chi connectivity index (χ2n) is 3.26. The molecule has 0 atom stereocenters. The average Bonchev–Trinajstić information content (AvgIpc) is 2.26. The monoisotopic (exact) mass is 181 g/mol. The molecule has 0 aromatic carbocycles. The third kappa shape index (κ3) is 1.91. The number of H-pyrrole nitrogens is 1. The number of aromatic amines is 1. The molecule has 1 rings (SSSR count). The van der Waals surface area contributed by atoms with Gasteiger partial charge in [-0.15, -0.1) is 0 Å². The molecule has 3 nitrogen and oxygen atoms in total. The van der Waals surface area contributed by atoms with Gasteiger partial charge in [0.15, 0.2) is 0 Å². The number of carboxylic acid groups (broad SMARTS) is 1. The molecule has 0 aliphatic carbocycles. The number of carboxylic acids is 1. The molecule has 72 valence electrons. The van der Waals surface area contributed by atoms with Gasteiger partial charge in [-0.3, -0.25) is 4.79 Å². The zero-order valence-corrected chi connectivity index (χ0v) is 8.27. The summed E-state index contributed by atoms with van der Waals surface area (Å²) in [7, 11) is 0. The Balaban J connectivity index is 3.03. The van der Waals surface area contributed by atoms with Crippen LogP contribution in [0.1, 0.15) is 29.4 Å². The molecule has 0 saturated carbocycles. The van der Waals surface area contributed by atoms with E-state index in [4.69, 9.17) is 5.11 Å². The molecule has 0 amide bonds. The van der Waals surface area contributed by atoms with Crippen LogP contribution >= 0.6 is 0 Å². The number of hydrogen-bond acceptors (Lipinski definition) is 1. The van der Waals surface area contributed by atoms with Crippen molar-refractivity contribution in [2.75, 3.05) is 0 Å². The summed E-state index contributed by atoms with van der Waals surface area (Å²) in [5.41, 5.74) is 4.27. The van der Waals surface area contributed by atoms with Crippen molar-refractivity contribution < 1.29 is 9.90 Å². The lowest BCUT2D eigenvalue weighted by Crippen LogP contribution is -2.01. The Labute approximate surface area is 77.8 Å². The Bertz CT molecular complexity index is 326. The second kappa shape index (κ2) is 3.64. The lowest BCUT2D eigenvalue weighted by Gasteiger charge is -1.96. The van der Waals surface area contributed by atoms with Crippen LogP contribution in [0.3, 0.4) is 0 Å². The first-order chi connectivity index (χ1) is 6.06. The third-order valence-corrected chi connectivity index (χ3v) is 2.38. The first-order valence-corrected chi connectivity index (χ1v) is 4.45. The van der Waals surface area contributed by atoms with E-state index in [0.29, 0.717) is 0 Å². The van der Waals surface area contributed by atoms with E-state index in [0.717, 1.165) is 23.4 Å². The van der Waals surface area contributed by atoms with Crippen LogP contribution in [0.4, 0.5) is 0 Å². The predicted molar refractivity (Wildman–Crippen MR) is 51.0 cm³/mol. The van der Waals surface area contributed by atoms with Crippen LogP contribution in [0.25, 0.3) is 0 Å². The molecule has 0 saturated heterocycles. The summed E-state index contributed by atoms with van der Waals surface area (Å²) in [6, 6.07) is 0. The summed E-state index contributed by atoms with van der Waals surface area (Å²) in [6.45, 7) is 6.03. The van der Waals surface area contributed by atoms with Gasteiger partial charge in [0, 0.05) is 11.4 Å². The van der Waals surface area contributed by atoms with Crippen LogP contribution in [0.2, 0.25) is 0 Å². The fourth-order valence-corrected chi connectivity index (χ4v) is 1.72. The molecule has 0 bridgehead atoms. The van der Waals surface area contributed by atoms with Crippen LogP contribution in [0.5, 0.6) is 0 Å². The molecule has 1 aromatic rings. The molecular weight excluding hydrogens is 166 g/mol. The van der Waals surface area contributed by atoms with Crippen LogP contribution in [0.15, 0.2) is 0 Å². The minimum Gasteiger partial charge on any atom is -0.481 e. The molecule has 0 unspecified atom stereocenters. The maximum Gasteiger partial charge on any atom is 0.309 e. The maximum atomic E-state index is 10.5. The van der Waals surface area contributed by atoms with Gasteiger partial charge in [-0.05, 0) is 31.4 Å². The number of aliphatic carboxylic acids is 1. The fourth-order valence-electron chi connectivity index (χ4n) is 1.72. The van der Waals surface area contributed by atoms with E-state index in [1.165, 1.54) is 5.56 Å². The lowest BCUT2D eigenvalue weighted by molar-refractivity contribution is -0.136. The van der Waals surface area contributed by atoms with Crippen LogP contribution in [-0.2, 0) is 17.6 Å². The molecule has 0 fully saturated rings. The summed E-state index contributed by atoms with van der Waals surface area (Å²) in [6.07, 6.45) is 1.04. The number of hydrogen-bond donors (Lipinski definition) is 2. The summed E-state index contributed by atoms with van der Waals surface area (Å²) < 4.78 is 0. The third-order valence-electron chi connectivity index (χ3n) is 2.38. The van der Waals surface area contributed by atoms with Crippen molar-refractivity contribution >= 4 is 5.97 Å². The van der Waals surface area contributed by atoms with Crippen molar-refractivity contribution in [1.82, 2.24) is 4.98 Å². The largest absolute Gasteiger partial charge is 0.481 e. The Morgan fingerprint density at radius 1 is 1.46 bits per heavy atom. The van der Waals surface area contributed by atoms with Gasteiger partial charge in [0.05, 0.1) is 6.42 Å². The van der Waals surface area contributed by atoms with E-state index >= 15 is 0 Å². The maximum absolute atomic E-state index is 10.5. The van der Waals surface area contributed by atoms with E-state index < -0.39 is 5.97 Å². The van der Waals surface area contributed by atoms with Gasteiger partial charge < -0.3 is 10.1 Å². The number of rotatable bonds is 3. The first kappa shape index (κ1) is 9.84. The Hall–Kier alpha value is -1.25. The Morgan fingerprint density at radius 3 is 2.46 bits per heavy atom. The van der Waals surface area contributed by atoms with Gasteiger partial charge in [0.25, 0.3) is 0 Å². The van der Waals surface area contributed by atoms with E-state index in [1.54, 1.807) is 0 Å². The molecule has 2 N–H and O–H groups in total. The number of nitrogens with one attached hydrogen (secondary N) is 1. The van der Waals surface area contributed by atoms with Crippen LogP contribution in [-0.4, -0.2) is 16.1 Å². The second-order valence-corrected chi connectivity index (χ2v) is 3.26. The van der Waals surface area contributed by atoms with Crippen molar-refractivity contribution in [3.63, 3.8) is 0 Å². The molecule has 13 heavy (non-hydrogen) atoms. The first-order valence-electron chi connectivity index (χ1n) is 4.45. The quantitative estimate of drug-likeness (QED) is 0.747. The highest BCUT2D eigenvalue weighted by Gasteiger charge is 2.11. The molecular formula is C10H15NO2. The van der Waals surface area contributed by atoms with Gasteiger partial charge in [-0.2, -0.15) is 0 Å². The minimum atomic E-state index is -0.785. The molecule has 0 spiro atoms. The zero-order chi connectivity index (χ0) is 10.0. The number of aromatic nitrogens is 1. The SMILES string of the molecule is CCc1c(C)[nH]c(CC(=O)O)c1C. The molecule has 3 heteroatoms. The highest BCUT2D eigenvalue weighted by atomic mass is 16.4. The van der Waals surface area contributed by atoms with Crippen LogP contribution in [0, 0.1) is 13.8 Å². The van der Waals surface area contributed by atoms with E-state index in [9.17, 15) is 4.79 Å². The molecule has 1 aromatic heterocycles. The summed E-state index contributed by atoms with van der Waals surface area (Å²) in [4.78, 5) is 13.6.